The zero-order chi connectivity index (χ0) is 18.5. The van der Waals surface area contributed by atoms with Crippen LogP contribution in [0.1, 0.15) is 26.7 Å². The molecule has 0 aliphatic heterocycles. The topological polar surface area (TPSA) is 68.8 Å². The van der Waals surface area contributed by atoms with Gasteiger partial charge < -0.3 is 4.74 Å². The van der Waals surface area contributed by atoms with Gasteiger partial charge in [0.2, 0.25) is 0 Å². The minimum Gasteiger partial charge on any atom is -0.497 e. The van der Waals surface area contributed by atoms with Crippen molar-refractivity contribution in [3.05, 3.63) is 58.9 Å². The average Bonchev–Trinajstić information content (AvgIpc) is 2.67. The van der Waals surface area contributed by atoms with Gasteiger partial charge in [0.05, 0.1) is 29.7 Å². The largest absolute Gasteiger partial charge is 0.497 e. The number of nitrogens with zero attached hydrogens (tertiary/aromatic N) is 4. The third-order valence-corrected chi connectivity index (χ3v) is 4.14. The van der Waals surface area contributed by atoms with Crippen LogP contribution in [0.5, 0.6) is 5.75 Å². The van der Waals surface area contributed by atoms with E-state index in [0.29, 0.717) is 16.6 Å². The molecule has 0 amide bonds. The zero-order valence-corrected chi connectivity index (χ0v) is 15.2. The molecule has 0 saturated carbocycles. The number of hydrogen-bond donors (Lipinski definition) is 0. The molecule has 0 spiro atoms. The van der Waals surface area contributed by atoms with Gasteiger partial charge in [0.25, 0.3) is 11.5 Å². The van der Waals surface area contributed by atoms with E-state index in [9.17, 15) is 4.79 Å². The zero-order valence-electron chi connectivity index (χ0n) is 15.2. The van der Waals surface area contributed by atoms with Gasteiger partial charge in [0.1, 0.15) is 5.75 Å². The molecule has 0 aliphatic rings. The predicted octanol–water partition coefficient (Wildman–Crippen LogP) is 4.67. The Labute approximate surface area is 152 Å². The van der Waals surface area contributed by atoms with Crippen LogP contribution in [0.15, 0.2) is 63.6 Å². The summed E-state index contributed by atoms with van der Waals surface area (Å²) in [6.07, 6.45) is 1.96. The van der Waals surface area contributed by atoms with Crippen LogP contribution >= 0.6 is 0 Å². The van der Waals surface area contributed by atoms with Gasteiger partial charge in [-0.25, -0.2) is 9.55 Å². The second-order valence-electron chi connectivity index (χ2n) is 6.12. The van der Waals surface area contributed by atoms with E-state index in [2.05, 4.69) is 22.1 Å². The van der Waals surface area contributed by atoms with Crippen LogP contribution < -0.4 is 10.3 Å². The van der Waals surface area contributed by atoms with Gasteiger partial charge in [-0.2, -0.15) is 5.11 Å². The molecular weight excluding hydrogens is 328 g/mol. The number of ether oxygens (including phenoxy) is 1. The molecule has 1 atom stereocenters. The first-order valence-electron chi connectivity index (χ1n) is 8.71. The Morgan fingerprint density at radius 3 is 2.58 bits per heavy atom. The number of azo groups is 1. The van der Waals surface area contributed by atoms with E-state index in [1.807, 2.05) is 37.3 Å². The fourth-order valence-electron chi connectivity index (χ4n) is 2.78. The van der Waals surface area contributed by atoms with Crippen LogP contribution in [0.25, 0.3) is 16.6 Å². The summed E-state index contributed by atoms with van der Waals surface area (Å²) in [6, 6.07) is 14.6. The Morgan fingerprint density at radius 2 is 1.88 bits per heavy atom. The summed E-state index contributed by atoms with van der Waals surface area (Å²) in [5.41, 5.74) is 1.11. The molecule has 0 radical (unpaired) electrons. The van der Waals surface area contributed by atoms with Crippen molar-refractivity contribution in [2.75, 3.05) is 7.11 Å². The molecule has 0 aliphatic carbocycles. The molecular formula is C20H22N4O2. The van der Waals surface area contributed by atoms with Crippen LogP contribution in [0.3, 0.4) is 0 Å². The highest BCUT2D eigenvalue weighted by molar-refractivity contribution is 5.78. The molecule has 2 aromatic carbocycles. The van der Waals surface area contributed by atoms with E-state index in [0.717, 1.165) is 18.6 Å². The molecule has 1 unspecified atom stereocenters. The SMILES string of the molecule is CCCC(C)N=Nc1nc2ccccc2c(=O)n1-c1ccc(OC)cc1. The van der Waals surface area contributed by atoms with Crippen LogP contribution in [0.2, 0.25) is 0 Å². The minimum atomic E-state index is -0.169. The second-order valence-corrected chi connectivity index (χ2v) is 6.12. The quantitative estimate of drug-likeness (QED) is 0.607. The Kier molecular flexibility index (Phi) is 5.41. The van der Waals surface area contributed by atoms with Gasteiger partial charge in [-0.1, -0.05) is 25.5 Å². The van der Waals surface area contributed by atoms with Crippen LogP contribution in [0, 0.1) is 0 Å². The van der Waals surface area contributed by atoms with Gasteiger partial charge in [-0.3, -0.25) is 4.79 Å². The number of methoxy groups -OCH3 is 1. The number of benzene rings is 2. The van der Waals surface area contributed by atoms with Gasteiger partial charge in [-0.05, 0) is 49.7 Å². The van der Waals surface area contributed by atoms with Crippen molar-refractivity contribution in [2.45, 2.75) is 32.7 Å². The molecule has 6 nitrogen and oxygen atoms in total. The van der Waals surface area contributed by atoms with Crippen molar-refractivity contribution in [3.8, 4) is 11.4 Å². The third kappa shape index (κ3) is 3.64. The summed E-state index contributed by atoms with van der Waals surface area (Å²) in [4.78, 5) is 17.6. The van der Waals surface area contributed by atoms with Gasteiger partial charge in [0.15, 0.2) is 0 Å². The van der Waals surface area contributed by atoms with Gasteiger partial charge in [-0.15, -0.1) is 5.11 Å². The van der Waals surface area contributed by atoms with Crippen LogP contribution in [-0.2, 0) is 0 Å². The third-order valence-electron chi connectivity index (χ3n) is 4.14. The van der Waals surface area contributed by atoms with Crippen molar-refractivity contribution in [1.29, 1.82) is 0 Å². The second kappa shape index (κ2) is 7.91. The number of rotatable bonds is 6. The maximum atomic E-state index is 13.1. The Balaban J connectivity index is 2.18. The van der Waals surface area contributed by atoms with E-state index in [1.165, 1.54) is 4.57 Å². The Morgan fingerprint density at radius 1 is 1.15 bits per heavy atom. The standard InChI is InChI=1S/C20H22N4O2/c1-4-7-14(2)22-23-20-21-18-9-6-5-8-17(18)19(25)24(20)15-10-12-16(26-3)13-11-15/h5-6,8-14H,4,7H2,1-3H3. The van der Waals surface area contributed by atoms with Gasteiger partial charge >= 0.3 is 0 Å². The summed E-state index contributed by atoms with van der Waals surface area (Å²) in [5.74, 6) is 0.997. The minimum absolute atomic E-state index is 0.0766. The maximum Gasteiger partial charge on any atom is 0.267 e. The molecule has 26 heavy (non-hydrogen) atoms. The van der Waals surface area contributed by atoms with Crippen molar-refractivity contribution >= 4 is 16.9 Å². The number of aromatic nitrogens is 2. The van der Waals surface area contributed by atoms with Crippen molar-refractivity contribution < 1.29 is 4.74 Å². The highest BCUT2D eigenvalue weighted by Crippen LogP contribution is 2.21. The van der Waals surface area contributed by atoms with Gasteiger partial charge in [0, 0.05) is 0 Å². The number of hydrogen-bond acceptors (Lipinski definition) is 5. The molecule has 1 heterocycles. The number of para-hydroxylation sites is 1. The summed E-state index contributed by atoms with van der Waals surface area (Å²) in [7, 11) is 1.60. The lowest BCUT2D eigenvalue weighted by Gasteiger charge is -2.11. The summed E-state index contributed by atoms with van der Waals surface area (Å²) in [5, 5.41) is 9.18. The molecule has 6 heteroatoms. The molecule has 1 aromatic heterocycles. The first-order chi connectivity index (χ1) is 12.6. The maximum absolute atomic E-state index is 13.1. The van der Waals surface area contributed by atoms with E-state index < -0.39 is 0 Å². The fraction of sp³-hybridized carbons (Fsp3) is 0.300. The van der Waals surface area contributed by atoms with E-state index in [1.54, 1.807) is 25.3 Å². The smallest absolute Gasteiger partial charge is 0.267 e. The molecule has 134 valence electrons. The molecule has 0 fully saturated rings. The fourth-order valence-corrected chi connectivity index (χ4v) is 2.78. The molecule has 3 aromatic rings. The van der Waals surface area contributed by atoms with Crippen LogP contribution in [-0.4, -0.2) is 22.7 Å². The summed E-state index contributed by atoms with van der Waals surface area (Å²) in [6.45, 7) is 4.11. The first-order valence-corrected chi connectivity index (χ1v) is 8.71. The molecule has 0 bridgehead atoms. The number of fused-ring (bicyclic) bond motifs is 1. The highest BCUT2D eigenvalue weighted by Gasteiger charge is 2.13. The highest BCUT2D eigenvalue weighted by atomic mass is 16.5. The Hall–Kier alpha value is -3.02. The molecule has 0 N–H and O–H groups in total. The normalized spacial score (nSPS) is 12.6. The average molecular weight is 350 g/mol. The molecule has 3 rings (SSSR count). The van der Waals surface area contributed by atoms with Crippen LogP contribution in [0.4, 0.5) is 5.95 Å². The monoisotopic (exact) mass is 350 g/mol. The lowest BCUT2D eigenvalue weighted by atomic mass is 10.2. The summed E-state index contributed by atoms with van der Waals surface area (Å²) >= 11 is 0. The first kappa shape index (κ1) is 17.8. The Bertz CT molecular complexity index is 977. The summed E-state index contributed by atoms with van der Waals surface area (Å²) < 4.78 is 6.69. The van der Waals surface area contributed by atoms with E-state index in [-0.39, 0.29) is 17.5 Å². The van der Waals surface area contributed by atoms with E-state index in [4.69, 9.17) is 4.74 Å². The van der Waals surface area contributed by atoms with Crippen molar-refractivity contribution in [1.82, 2.24) is 9.55 Å². The predicted molar refractivity (Wildman–Crippen MR) is 103 cm³/mol. The lowest BCUT2D eigenvalue weighted by Crippen LogP contribution is -2.19. The molecule has 0 saturated heterocycles. The lowest BCUT2D eigenvalue weighted by molar-refractivity contribution is 0.414. The van der Waals surface area contributed by atoms with Crippen molar-refractivity contribution in [3.63, 3.8) is 0 Å². The van der Waals surface area contributed by atoms with E-state index >= 15 is 0 Å². The van der Waals surface area contributed by atoms with Crippen molar-refractivity contribution in [2.24, 2.45) is 10.2 Å².